The Bertz CT molecular complexity index is 319. The van der Waals surface area contributed by atoms with E-state index in [1.54, 1.807) is 4.31 Å². The van der Waals surface area contributed by atoms with Crippen molar-refractivity contribution < 1.29 is 8.42 Å². The first-order chi connectivity index (χ1) is 8.01. The van der Waals surface area contributed by atoms with Crippen LogP contribution in [0.3, 0.4) is 0 Å². The third-order valence-electron chi connectivity index (χ3n) is 3.21. The van der Waals surface area contributed by atoms with Crippen LogP contribution in [-0.2, 0) is 10.2 Å². The van der Waals surface area contributed by atoms with Crippen molar-refractivity contribution in [2.24, 2.45) is 5.92 Å². The van der Waals surface area contributed by atoms with E-state index in [-0.39, 0.29) is 0 Å². The molecule has 0 aromatic carbocycles. The second-order valence-corrected chi connectivity index (χ2v) is 6.44. The van der Waals surface area contributed by atoms with Gasteiger partial charge in [-0.3, -0.25) is 0 Å². The zero-order valence-electron chi connectivity index (χ0n) is 11.1. The zero-order valence-corrected chi connectivity index (χ0v) is 11.9. The quantitative estimate of drug-likeness (QED) is 0.736. The van der Waals surface area contributed by atoms with Crippen LogP contribution in [0.4, 0.5) is 0 Å². The SMILES string of the molecule is CCCNS(=O)(=O)N1CCC(NCC)C(C)C1. The lowest BCUT2D eigenvalue weighted by Crippen LogP contribution is -2.52. The maximum absolute atomic E-state index is 11.9. The highest BCUT2D eigenvalue weighted by molar-refractivity contribution is 7.87. The molecule has 0 aromatic heterocycles. The van der Waals surface area contributed by atoms with Crippen LogP contribution in [0.5, 0.6) is 0 Å². The zero-order chi connectivity index (χ0) is 12.9. The lowest BCUT2D eigenvalue weighted by molar-refractivity contribution is 0.221. The highest BCUT2D eigenvalue weighted by atomic mass is 32.2. The van der Waals surface area contributed by atoms with E-state index in [0.717, 1.165) is 19.4 Å². The fourth-order valence-corrected chi connectivity index (χ4v) is 3.64. The first kappa shape index (κ1) is 14.9. The van der Waals surface area contributed by atoms with E-state index in [4.69, 9.17) is 0 Å². The molecule has 17 heavy (non-hydrogen) atoms. The summed E-state index contributed by atoms with van der Waals surface area (Å²) in [6, 6.07) is 0.442. The van der Waals surface area contributed by atoms with Crippen LogP contribution in [0.25, 0.3) is 0 Å². The highest BCUT2D eigenvalue weighted by Crippen LogP contribution is 2.18. The summed E-state index contributed by atoms with van der Waals surface area (Å²) >= 11 is 0. The summed E-state index contributed by atoms with van der Waals surface area (Å²) in [4.78, 5) is 0. The van der Waals surface area contributed by atoms with Gasteiger partial charge in [0, 0.05) is 25.7 Å². The molecular weight excluding hydrogens is 238 g/mol. The molecule has 0 spiro atoms. The van der Waals surface area contributed by atoms with E-state index >= 15 is 0 Å². The minimum Gasteiger partial charge on any atom is -0.314 e. The molecule has 1 fully saturated rings. The molecule has 0 saturated carbocycles. The second kappa shape index (κ2) is 6.68. The van der Waals surface area contributed by atoms with Crippen LogP contribution in [-0.4, -0.2) is 44.9 Å². The minimum absolute atomic E-state index is 0.363. The third kappa shape index (κ3) is 4.21. The average molecular weight is 263 g/mol. The predicted octanol–water partition coefficient (Wildman–Crippen LogP) is 0.551. The first-order valence-corrected chi connectivity index (χ1v) is 7.93. The fourth-order valence-electron chi connectivity index (χ4n) is 2.21. The lowest BCUT2D eigenvalue weighted by Gasteiger charge is -2.36. The van der Waals surface area contributed by atoms with Crippen LogP contribution in [0, 0.1) is 5.92 Å². The molecule has 1 rings (SSSR count). The van der Waals surface area contributed by atoms with Gasteiger partial charge in [0.25, 0.3) is 10.2 Å². The van der Waals surface area contributed by atoms with Crippen molar-refractivity contribution in [2.45, 2.75) is 39.7 Å². The standard InChI is InChI=1S/C11H25N3O2S/c1-4-7-13-17(15,16)14-8-6-11(12-5-2)10(3)9-14/h10-13H,4-9H2,1-3H3. The summed E-state index contributed by atoms with van der Waals surface area (Å²) in [5.41, 5.74) is 0. The van der Waals surface area contributed by atoms with E-state index in [9.17, 15) is 8.42 Å². The number of piperidine rings is 1. The van der Waals surface area contributed by atoms with Gasteiger partial charge in [-0.2, -0.15) is 12.7 Å². The van der Waals surface area contributed by atoms with Crippen molar-refractivity contribution in [1.29, 1.82) is 0 Å². The Morgan fingerprint density at radius 3 is 2.59 bits per heavy atom. The van der Waals surface area contributed by atoms with E-state index in [0.29, 0.717) is 31.6 Å². The molecule has 6 heteroatoms. The Hall–Kier alpha value is -0.170. The molecule has 1 heterocycles. The molecule has 0 aromatic rings. The smallest absolute Gasteiger partial charge is 0.279 e. The normalized spacial score (nSPS) is 27.2. The molecule has 102 valence electrons. The Kier molecular flexibility index (Phi) is 5.85. The van der Waals surface area contributed by atoms with Gasteiger partial charge in [0.05, 0.1) is 0 Å². The van der Waals surface area contributed by atoms with Gasteiger partial charge < -0.3 is 5.32 Å². The predicted molar refractivity (Wildman–Crippen MR) is 70.0 cm³/mol. The molecule has 0 radical (unpaired) electrons. The van der Waals surface area contributed by atoms with Gasteiger partial charge in [0.1, 0.15) is 0 Å². The molecule has 2 unspecified atom stereocenters. The molecule has 1 aliphatic heterocycles. The number of hydrogen-bond acceptors (Lipinski definition) is 3. The summed E-state index contributed by atoms with van der Waals surface area (Å²) in [6.45, 7) is 8.83. The monoisotopic (exact) mass is 263 g/mol. The van der Waals surface area contributed by atoms with E-state index < -0.39 is 10.2 Å². The van der Waals surface area contributed by atoms with E-state index in [1.165, 1.54) is 0 Å². The summed E-state index contributed by atoms with van der Waals surface area (Å²) in [5.74, 6) is 0.363. The number of nitrogens with zero attached hydrogens (tertiary/aromatic N) is 1. The summed E-state index contributed by atoms with van der Waals surface area (Å²) in [6.07, 6.45) is 1.71. The average Bonchev–Trinajstić information content (AvgIpc) is 2.29. The van der Waals surface area contributed by atoms with Crippen molar-refractivity contribution in [2.75, 3.05) is 26.2 Å². The van der Waals surface area contributed by atoms with Crippen LogP contribution >= 0.6 is 0 Å². The van der Waals surface area contributed by atoms with Gasteiger partial charge in [-0.15, -0.1) is 0 Å². The lowest BCUT2D eigenvalue weighted by atomic mass is 9.95. The molecule has 0 amide bonds. The van der Waals surface area contributed by atoms with Gasteiger partial charge in [0.2, 0.25) is 0 Å². The molecule has 5 nitrogen and oxygen atoms in total. The first-order valence-electron chi connectivity index (χ1n) is 6.49. The molecular formula is C11H25N3O2S. The van der Waals surface area contributed by atoms with Crippen molar-refractivity contribution in [3.05, 3.63) is 0 Å². The van der Waals surface area contributed by atoms with E-state index in [1.807, 2.05) is 6.92 Å². The van der Waals surface area contributed by atoms with Gasteiger partial charge in [-0.05, 0) is 25.3 Å². The molecule has 2 atom stereocenters. The van der Waals surface area contributed by atoms with Gasteiger partial charge in [-0.25, -0.2) is 4.72 Å². The van der Waals surface area contributed by atoms with Crippen LogP contribution in [0.1, 0.15) is 33.6 Å². The summed E-state index contributed by atoms with van der Waals surface area (Å²) < 4.78 is 28.1. The highest BCUT2D eigenvalue weighted by Gasteiger charge is 2.31. The van der Waals surface area contributed by atoms with Gasteiger partial charge in [-0.1, -0.05) is 20.8 Å². The summed E-state index contributed by atoms with van der Waals surface area (Å²) in [5, 5.41) is 3.41. The maximum atomic E-state index is 11.9. The second-order valence-electron chi connectivity index (χ2n) is 4.69. The number of rotatable bonds is 6. The van der Waals surface area contributed by atoms with Crippen LogP contribution in [0.15, 0.2) is 0 Å². The van der Waals surface area contributed by atoms with Crippen LogP contribution in [0.2, 0.25) is 0 Å². The topological polar surface area (TPSA) is 61.4 Å². The Morgan fingerprint density at radius 1 is 1.35 bits per heavy atom. The minimum atomic E-state index is -3.26. The number of nitrogens with one attached hydrogen (secondary N) is 2. The molecule has 1 saturated heterocycles. The van der Waals surface area contributed by atoms with E-state index in [2.05, 4.69) is 23.9 Å². The van der Waals surface area contributed by atoms with Crippen LogP contribution < -0.4 is 10.0 Å². The fraction of sp³-hybridized carbons (Fsp3) is 1.00. The molecule has 1 aliphatic rings. The molecule has 2 N–H and O–H groups in total. The molecule has 0 aliphatic carbocycles. The van der Waals surface area contributed by atoms with Crippen molar-refractivity contribution >= 4 is 10.2 Å². The van der Waals surface area contributed by atoms with Gasteiger partial charge in [0.15, 0.2) is 0 Å². The Balaban J connectivity index is 2.54. The summed E-state index contributed by atoms with van der Waals surface area (Å²) in [7, 11) is -3.26. The molecule has 0 bridgehead atoms. The van der Waals surface area contributed by atoms with Crippen molar-refractivity contribution in [3.63, 3.8) is 0 Å². The Labute approximate surface area is 105 Å². The van der Waals surface area contributed by atoms with Gasteiger partial charge >= 0.3 is 0 Å². The van der Waals surface area contributed by atoms with Crippen molar-refractivity contribution in [1.82, 2.24) is 14.3 Å². The van der Waals surface area contributed by atoms with Crippen molar-refractivity contribution in [3.8, 4) is 0 Å². The third-order valence-corrected chi connectivity index (χ3v) is 4.79. The number of hydrogen-bond donors (Lipinski definition) is 2. The maximum Gasteiger partial charge on any atom is 0.279 e. The largest absolute Gasteiger partial charge is 0.314 e. The Morgan fingerprint density at radius 2 is 2.06 bits per heavy atom.